The molecular formula is C3H6Cl2NO3P. The lowest BCUT2D eigenvalue weighted by atomic mass is 10.7. The fraction of sp³-hybridized carbons (Fsp3) is 1.00. The van der Waals surface area contributed by atoms with E-state index < -0.39 is 12.4 Å². The summed E-state index contributed by atoms with van der Waals surface area (Å²) in [6.07, 6.45) is -1.22. The zero-order valence-corrected chi connectivity index (χ0v) is 7.31. The van der Waals surface area contributed by atoms with Crippen molar-refractivity contribution in [2.24, 2.45) is 0 Å². The molecule has 0 aliphatic carbocycles. The van der Waals surface area contributed by atoms with Crippen LogP contribution in [0.4, 0.5) is 0 Å². The largest absolute Gasteiger partial charge is 0.355 e. The molecule has 0 aromatic carbocycles. The van der Waals surface area contributed by atoms with Crippen LogP contribution in [-0.4, -0.2) is 29.3 Å². The first-order chi connectivity index (χ1) is 4.52. The van der Waals surface area contributed by atoms with Crippen molar-refractivity contribution in [3.05, 3.63) is 0 Å². The van der Waals surface area contributed by atoms with Crippen LogP contribution in [0.1, 0.15) is 0 Å². The van der Waals surface area contributed by atoms with Crippen molar-refractivity contribution in [2.45, 2.75) is 6.41 Å². The molecule has 0 aromatic rings. The number of aliphatic hydroxyl groups excluding tert-OH is 1. The van der Waals surface area contributed by atoms with Crippen LogP contribution in [0.2, 0.25) is 0 Å². The second kappa shape index (κ2) is 2.97. The molecule has 0 radical (unpaired) electrons. The number of rotatable bonds is 1. The second-order valence-corrected chi connectivity index (χ2v) is 6.45. The summed E-state index contributed by atoms with van der Waals surface area (Å²) < 4.78 is 16.5. The Labute approximate surface area is 67.7 Å². The minimum atomic E-state index is -3.37. The molecule has 10 heavy (non-hydrogen) atoms. The first-order valence-electron chi connectivity index (χ1n) is 2.58. The number of ether oxygens (including phenoxy) is 1. The first-order valence-corrected chi connectivity index (χ1v) is 6.05. The van der Waals surface area contributed by atoms with Crippen LogP contribution >= 0.6 is 28.5 Å². The topological polar surface area (TPSA) is 49.8 Å². The summed E-state index contributed by atoms with van der Waals surface area (Å²) in [5.74, 6) is -3.37. The number of halogens is 2. The van der Waals surface area contributed by atoms with Crippen LogP contribution in [0.15, 0.2) is 0 Å². The number of hydrogen-bond donors (Lipinski definition) is 1. The number of aliphatic hydroxyl groups is 1. The third kappa shape index (κ3) is 1.84. The molecule has 0 saturated carbocycles. The lowest BCUT2D eigenvalue weighted by Crippen LogP contribution is -2.23. The lowest BCUT2D eigenvalue weighted by Gasteiger charge is -2.17. The molecule has 1 aliphatic heterocycles. The SMILES string of the molecule is O=P(Cl)(Cl)N1CCOC1O. The van der Waals surface area contributed by atoms with Crippen molar-refractivity contribution in [3.63, 3.8) is 0 Å². The molecule has 1 aliphatic rings. The standard InChI is InChI=1S/C3H6Cl2NO3P/c4-10(5,8)6-1-2-9-3(6)7/h3,7H,1-2H2. The number of nitrogens with zero attached hydrogens (tertiary/aromatic N) is 1. The van der Waals surface area contributed by atoms with Gasteiger partial charge in [0.15, 0.2) is 0 Å². The molecule has 4 nitrogen and oxygen atoms in total. The van der Waals surface area contributed by atoms with Crippen molar-refractivity contribution < 1.29 is 14.4 Å². The van der Waals surface area contributed by atoms with Gasteiger partial charge in [0.1, 0.15) is 0 Å². The minimum absolute atomic E-state index is 0.296. The average molecular weight is 206 g/mol. The van der Waals surface area contributed by atoms with Crippen molar-refractivity contribution in [3.8, 4) is 0 Å². The van der Waals surface area contributed by atoms with Gasteiger partial charge in [-0.25, -0.2) is 0 Å². The Morgan fingerprint density at radius 2 is 2.30 bits per heavy atom. The van der Waals surface area contributed by atoms with Crippen molar-refractivity contribution >= 4 is 28.5 Å². The summed E-state index contributed by atoms with van der Waals surface area (Å²) in [4.78, 5) is 0. The zero-order chi connectivity index (χ0) is 7.78. The highest BCUT2D eigenvalue weighted by atomic mass is 35.9. The maximum absolute atomic E-state index is 10.8. The van der Waals surface area contributed by atoms with E-state index in [1.54, 1.807) is 0 Å². The Bertz CT molecular complexity index is 171. The van der Waals surface area contributed by atoms with Gasteiger partial charge in [0.2, 0.25) is 6.41 Å². The molecule has 1 unspecified atom stereocenters. The van der Waals surface area contributed by atoms with Gasteiger partial charge in [-0.05, 0) is 22.5 Å². The summed E-state index contributed by atoms with van der Waals surface area (Å²) >= 11 is 10.5. The van der Waals surface area contributed by atoms with Gasteiger partial charge < -0.3 is 9.84 Å². The highest BCUT2D eigenvalue weighted by Crippen LogP contribution is 2.61. The van der Waals surface area contributed by atoms with Crippen molar-refractivity contribution in [2.75, 3.05) is 13.2 Å². The van der Waals surface area contributed by atoms with Gasteiger partial charge >= 0.3 is 6.00 Å². The smallest absolute Gasteiger partial charge is 0.326 e. The predicted octanol–water partition coefficient (Wildman–Crippen LogP) is 1.18. The Balaban J connectivity index is 2.64. The quantitative estimate of drug-likeness (QED) is 0.654. The predicted molar refractivity (Wildman–Crippen MR) is 38.0 cm³/mol. The van der Waals surface area contributed by atoms with E-state index in [1.165, 1.54) is 0 Å². The molecule has 0 aromatic heterocycles. The van der Waals surface area contributed by atoms with Gasteiger partial charge in [-0.1, -0.05) is 0 Å². The Kier molecular flexibility index (Phi) is 2.61. The third-order valence-corrected chi connectivity index (χ3v) is 3.30. The van der Waals surface area contributed by atoms with Crippen LogP contribution in [0, 0.1) is 0 Å². The van der Waals surface area contributed by atoms with E-state index >= 15 is 0 Å². The third-order valence-electron chi connectivity index (χ3n) is 1.14. The van der Waals surface area contributed by atoms with Crippen LogP contribution in [-0.2, 0) is 9.30 Å². The number of hydrogen-bond acceptors (Lipinski definition) is 3. The van der Waals surface area contributed by atoms with Crippen LogP contribution in [0.3, 0.4) is 0 Å². The fourth-order valence-electron chi connectivity index (χ4n) is 0.680. The molecule has 0 spiro atoms. The average Bonchev–Trinajstić information content (AvgIpc) is 2.11. The molecule has 1 saturated heterocycles. The van der Waals surface area contributed by atoms with Gasteiger partial charge in [0.25, 0.3) is 0 Å². The second-order valence-electron chi connectivity index (χ2n) is 1.79. The molecule has 60 valence electrons. The van der Waals surface area contributed by atoms with Crippen LogP contribution in [0.25, 0.3) is 0 Å². The van der Waals surface area contributed by atoms with E-state index in [-0.39, 0.29) is 0 Å². The molecule has 1 N–H and O–H groups in total. The molecule has 0 bridgehead atoms. The summed E-state index contributed by atoms with van der Waals surface area (Å²) in [7, 11) is 0. The highest BCUT2D eigenvalue weighted by Gasteiger charge is 2.35. The van der Waals surface area contributed by atoms with E-state index in [9.17, 15) is 4.57 Å². The Hall–Kier alpha value is 0.690. The van der Waals surface area contributed by atoms with E-state index in [0.29, 0.717) is 13.2 Å². The van der Waals surface area contributed by atoms with E-state index in [2.05, 4.69) is 4.74 Å². The maximum Gasteiger partial charge on any atom is 0.326 e. The van der Waals surface area contributed by atoms with Crippen LogP contribution in [0.5, 0.6) is 0 Å². The van der Waals surface area contributed by atoms with E-state index in [4.69, 9.17) is 27.6 Å². The first kappa shape index (κ1) is 8.78. The van der Waals surface area contributed by atoms with Gasteiger partial charge in [-0.15, -0.1) is 0 Å². The van der Waals surface area contributed by atoms with Crippen molar-refractivity contribution in [1.29, 1.82) is 0 Å². The van der Waals surface area contributed by atoms with Gasteiger partial charge in [0.05, 0.1) is 6.61 Å². The summed E-state index contributed by atoms with van der Waals surface area (Å²) in [6.45, 7) is 0.593. The molecule has 7 heteroatoms. The normalized spacial score (nSPS) is 29.3. The van der Waals surface area contributed by atoms with Crippen LogP contribution < -0.4 is 0 Å². The Morgan fingerprint density at radius 1 is 1.70 bits per heavy atom. The molecular weight excluding hydrogens is 200 g/mol. The van der Waals surface area contributed by atoms with Gasteiger partial charge in [-0.2, -0.15) is 4.67 Å². The minimum Gasteiger partial charge on any atom is -0.355 e. The summed E-state index contributed by atoms with van der Waals surface area (Å²) in [6, 6.07) is 0. The fourth-order valence-corrected chi connectivity index (χ4v) is 2.19. The van der Waals surface area contributed by atoms with E-state index in [0.717, 1.165) is 4.67 Å². The van der Waals surface area contributed by atoms with Crippen molar-refractivity contribution in [1.82, 2.24) is 4.67 Å². The molecule has 1 rings (SSSR count). The molecule has 1 fully saturated rings. The maximum atomic E-state index is 10.8. The lowest BCUT2D eigenvalue weighted by molar-refractivity contribution is -0.105. The zero-order valence-electron chi connectivity index (χ0n) is 4.91. The molecule has 0 amide bonds. The molecule has 1 heterocycles. The monoisotopic (exact) mass is 205 g/mol. The molecule has 1 atom stereocenters. The van der Waals surface area contributed by atoms with Gasteiger partial charge in [0, 0.05) is 6.54 Å². The van der Waals surface area contributed by atoms with Gasteiger partial charge in [-0.3, -0.25) is 4.57 Å². The van der Waals surface area contributed by atoms with E-state index in [1.807, 2.05) is 0 Å². The summed E-state index contributed by atoms with van der Waals surface area (Å²) in [5, 5.41) is 8.89. The summed E-state index contributed by atoms with van der Waals surface area (Å²) in [5.41, 5.74) is 0. The Morgan fingerprint density at radius 3 is 2.50 bits per heavy atom. The highest BCUT2D eigenvalue weighted by molar-refractivity contribution is 8.06.